The molecule has 0 saturated carbocycles. The number of anilines is 1. The number of benzene rings is 3. The first-order valence-electron chi connectivity index (χ1n) is 25.4. The molecule has 0 radical (unpaired) electrons. The fourth-order valence-electron chi connectivity index (χ4n) is 8.94. The zero-order chi connectivity index (χ0) is 52.7. The Balaban J connectivity index is 0.846. The van der Waals surface area contributed by atoms with Gasteiger partial charge in [0.05, 0.1) is 62.0 Å². The van der Waals surface area contributed by atoms with E-state index >= 15 is 0 Å². The van der Waals surface area contributed by atoms with Gasteiger partial charge in [0, 0.05) is 67.4 Å². The number of hydrogen-bond acceptors (Lipinski definition) is 14. The molecule has 18 heteroatoms. The molecular weight excluding hydrogens is 947 g/mol. The lowest BCUT2D eigenvalue weighted by molar-refractivity contribution is -0.127. The van der Waals surface area contributed by atoms with Crippen LogP contribution in [0.15, 0.2) is 94.7 Å². The Morgan fingerprint density at radius 2 is 1.43 bits per heavy atom. The van der Waals surface area contributed by atoms with Gasteiger partial charge in [-0.25, -0.2) is 9.59 Å². The number of aliphatic imine (C=N–C) groups is 2. The Morgan fingerprint density at radius 1 is 0.784 bits per heavy atom. The second-order valence-corrected chi connectivity index (χ2v) is 19.4. The Hall–Kier alpha value is -7.63. The van der Waals surface area contributed by atoms with Gasteiger partial charge in [-0.3, -0.25) is 24.4 Å². The molecule has 0 saturated heterocycles. The van der Waals surface area contributed by atoms with E-state index in [-0.39, 0.29) is 68.4 Å². The van der Waals surface area contributed by atoms with Crippen LogP contribution in [0.4, 0.5) is 26.7 Å². The number of hydrogen-bond donors (Lipinski definition) is 3. The smallest absolute Gasteiger partial charge is 0.408 e. The summed E-state index contributed by atoms with van der Waals surface area (Å²) in [6.07, 6.45) is 12.4. The van der Waals surface area contributed by atoms with Crippen LogP contribution >= 0.6 is 0 Å². The predicted molar refractivity (Wildman–Crippen MR) is 282 cm³/mol. The van der Waals surface area contributed by atoms with Crippen molar-refractivity contribution in [1.82, 2.24) is 20.4 Å². The van der Waals surface area contributed by atoms with Gasteiger partial charge >= 0.3 is 12.2 Å². The van der Waals surface area contributed by atoms with E-state index < -0.39 is 24.1 Å². The number of unbranched alkanes of at least 4 members (excludes halogenated alkanes) is 2. The van der Waals surface area contributed by atoms with E-state index in [4.69, 9.17) is 38.4 Å². The zero-order valence-corrected chi connectivity index (χ0v) is 43.3. The topological polar surface area (TPSA) is 208 Å². The molecule has 4 aliphatic rings. The molecular formula is C56H69N7O11. The van der Waals surface area contributed by atoms with Gasteiger partial charge in [-0.05, 0) is 94.3 Å². The number of carbonyl (C=O) groups is 5. The zero-order valence-electron chi connectivity index (χ0n) is 43.3. The van der Waals surface area contributed by atoms with Gasteiger partial charge in [0.15, 0.2) is 28.8 Å². The summed E-state index contributed by atoms with van der Waals surface area (Å²) >= 11 is 0. The number of alkyl carbamates (subject to hydrolysis) is 2. The first kappa shape index (κ1) is 54.2. The van der Waals surface area contributed by atoms with E-state index in [0.717, 1.165) is 55.5 Å². The van der Waals surface area contributed by atoms with Crippen LogP contribution in [0.5, 0.6) is 23.0 Å². The highest BCUT2D eigenvalue weighted by molar-refractivity contribution is 6.04. The molecule has 394 valence electrons. The normalized spacial score (nSPS) is 17.0. The van der Waals surface area contributed by atoms with Crippen molar-refractivity contribution in [2.45, 2.75) is 111 Å². The number of ketones is 1. The highest BCUT2D eigenvalue weighted by Crippen LogP contribution is 2.40. The Kier molecular flexibility index (Phi) is 18.9. The van der Waals surface area contributed by atoms with Crippen LogP contribution in [0.2, 0.25) is 0 Å². The molecule has 4 heterocycles. The summed E-state index contributed by atoms with van der Waals surface area (Å²) in [5.41, 5.74) is 6.55. The number of ether oxygens (including phenoxy) is 6. The lowest BCUT2D eigenvalue weighted by Gasteiger charge is -2.22. The summed E-state index contributed by atoms with van der Waals surface area (Å²) in [6, 6.07) is 13.5. The van der Waals surface area contributed by atoms with Gasteiger partial charge in [-0.15, -0.1) is 0 Å². The minimum Gasteiger partial charge on any atom is -0.493 e. The predicted octanol–water partition coefficient (Wildman–Crippen LogP) is 9.52. The van der Waals surface area contributed by atoms with Gasteiger partial charge < -0.3 is 54.2 Å². The second kappa shape index (κ2) is 25.8. The van der Waals surface area contributed by atoms with E-state index in [1.807, 2.05) is 31.5 Å². The lowest BCUT2D eigenvalue weighted by atomic mass is 9.93. The number of amides is 4. The third kappa shape index (κ3) is 14.5. The highest BCUT2D eigenvalue weighted by Gasteiger charge is 2.33. The van der Waals surface area contributed by atoms with Crippen LogP contribution in [-0.4, -0.2) is 110 Å². The van der Waals surface area contributed by atoms with Crippen LogP contribution in [0.25, 0.3) is 0 Å². The summed E-state index contributed by atoms with van der Waals surface area (Å²) in [7, 11) is 1.65. The van der Waals surface area contributed by atoms with Crippen molar-refractivity contribution < 1.29 is 52.4 Å². The maximum absolute atomic E-state index is 13.8. The summed E-state index contributed by atoms with van der Waals surface area (Å²) < 4.78 is 34.8. The highest BCUT2D eigenvalue weighted by atomic mass is 16.6. The molecule has 18 nitrogen and oxygen atoms in total. The Morgan fingerprint density at radius 3 is 2.15 bits per heavy atom. The molecule has 0 fully saturated rings. The Labute approximate surface area is 433 Å². The van der Waals surface area contributed by atoms with Crippen LogP contribution in [0.1, 0.15) is 101 Å². The monoisotopic (exact) mass is 1020 g/mol. The first-order valence-corrected chi connectivity index (χ1v) is 25.4. The average molecular weight is 1020 g/mol. The SMILES string of the molecule is C=CCOC(=O)N[C@H](C(=O)C[C@@H](C)C(=O)Nc1ccc(COC(=O)NCCCOc2cc3c(cc2OCCCCCOc2cc4c(cc2OC)CN2C=C(C)C[C@H]2C=N4)N=C[C@@H]2CC(C)=CN2C3=O)cc1)C(C)C. The first-order chi connectivity index (χ1) is 35.7. The molecule has 0 unspecified atom stereocenters. The third-order valence-electron chi connectivity index (χ3n) is 12.9. The molecule has 3 N–H and O–H groups in total. The number of fused-ring (bicyclic) bond motifs is 4. The third-order valence-corrected chi connectivity index (χ3v) is 12.9. The number of nitrogens with zero attached hydrogens (tertiary/aromatic N) is 4. The van der Waals surface area contributed by atoms with Crippen molar-refractivity contribution in [3.8, 4) is 23.0 Å². The van der Waals surface area contributed by atoms with Crippen LogP contribution in [-0.2, 0) is 32.2 Å². The largest absolute Gasteiger partial charge is 0.493 e. The standard InChI is InChI=1S/C56H69N7O11/c1-8-18-73-56(68)61-52(35(2)3)47(64)24-38(6)53(65)60-41-15-13-39(14-16-41)34-74-55(67)57-17-12-21-72-49-26-44-46(59-30-43-23-37(5)32-63(43)54(44)66)28-51(49)71-20-11-9-10-19-70-50-27-45-40(25-48(50)69-7)33-62-31-36(4)22-42(62)29-58-45/h8,13-16,25-32,35,38,42-43,52H,1,9-12,17-24,33-34H2,2-7H3,(H,57,67)(H,60,65)(H,61,68)/t38-,42+,43+,52+/m1/s1. The molecule has 4 atom stereocenters. The van der Waals surface area contributed by atoms with E-state index in [9.17, 15) is 24.0 Å². The molecule has 0 aliphatic carbocycles. The van der Waals surface area contributed by atoms with Crippen molar-refractivity contribution in [2.24, 2.45) is 21.8 Å². The molecule has 74 heavy (non-hydrogen) atoms. The molecule has 7 rings (SSSR count). The van der Waals surface area contributed by atoms with Crippen molar-refractivity contribution >= 4 is 59.3 Å². The van der Waals surface area contributed by atoms with Gasteiger partial charge in [0.25, 0.3) is 5.91 Å². The summed E-state index contributed by atoms with van der Waals surface area (Å²) in [4.78, 5) is 77.9. The average Bonchev–Trinajstić information content (AvgIpc) is 3.85. The van der Waals surface area contributed by atoms with Crippen molar-refractivity contribution in [2.75, 3.05) is 45.4 Å². The molecule has 0 spiro atoms. The molecule has 3 aromatic rings. The fraction of sp³-hybridized carbons (Fsp3) is 0.446. The number of rotatable bonds is 25. The van der Waals surface area contributed by atoms with Crippen LogP contribution in [0.3, 0.4) is 0 Å². The molecule has 4 amide bonds. The van der Waals surface area contributed by atoms with Crippen LogP contribution < -0.4 is 34.9 Å². The molecule has 0 aromatic heterocycles. The van der Waals surface area contributed by atoms with Crippen molar-refractivity contribution in [3.63, 3.8) is 0 Å². The van der Waals surface area contributed by atoms with E-state index in [1.54, 1.807) is 75.4 Å². The number of carbonyl (C=O) groups excluding carboxylic acids is 5. The maximum atomic E-state index is 13.8. The molecule has 4 aliphatic heterocycles. The number of methoxy groups -OCH3 is 1. The van der Waals surface area contributed by atoms with E-state index in [2.05, 4.69) is 40.6 Å². The minimum atomic E-state index is -0.809. The van der Waals surface area contributed by atoms with E-state index in [1.165, 1.54) is 11.6 Å². The van der Waals surface area contributed by atoms with Gasteiger partial charge in [-0.1, -0.05) is 56.7 Å². The Bertz CT molecular complexity index is 2660. The maximum Gasteiger partial charge on any atom is 0.408 e. The minimum absolute atomic E-state index is 0.0113. The number of nitrogens with one attached hydrogen (secondary N) is 3. The fourth-order valence-corrected chi connectivity index (χ4v) is 8.94. The van der Waals surface area contributed by atoms with Gasteiger partial charge in [0.2, 0.25) is 5.91 Å². The summed E-state index contributed by atoms with van der Waals surface area (Å²) in [5.74, 6) is 0.524. The van der Waals surface area contributed by atoms with Crippen molar-refractivity contribution in [3.05, 3.63) is 101 Å². The summed E-state index contributed by atoms with van der Waals surface area (Å²) in [6.45, 7) is 15.0. The summed E-state index contributed by atoms with van der Waals surface area (Å²) in [5, 5.41) is 8.12. The second-order valence-electron chi connectivity index (χ2n) is 19.4. The quantitative estimate of drug-likeness (QED) is 0.0536. The van der Waals surface area contributed by atoms with Crippen LogP contribution in [0, 0.1) is 11.8 Å². The van der Waals surface area contributed by atoms with Crippen molar-refractivity contribution in [1.29, 1.82) is 0 Å². The van der Waals surface area contributed by atoms with Gasteiger partial charge in [0.1, 0.15) is 13.2 Å². The lowest BCUT2D eigenvalue weighted by Crippen LogP contribution is -2.45. The molecule has 3 aromatic carbocycles. The number of Topliss-reactive ketones (excluding diaryl/α,β-unsaturated/α-hetero) is 1. The van der Waals surface area contributed by atoms with Gasteiger partial charge in [-0.2, -0.15) is 0 Å². The van der Waals surface area contributed by atoms with E-state index in [0.29, 0.717) is 65.1 Å². The molecule has 0 bridgehead atoms.